The fraction of sp³-hybridized carbons (Fsp3) is 0.250. The van der Waals surface area contributed by atoms with Gasteiger partial charge in [0, 0.05) is 24.0 Å². The Morgan fingerprint density at radius 2 is 2.00 bits per heavy atom. The Morgan fingerprint density at radius 1 is 1.24 bits per heavy atom. The number of carbonyl (C=O) groups is 2. The Bertz CT molecular complexity index is 686. The predicted molar refractivity (Wildman–Crippen MR) is 78.4 cm³/mol. The van der Waals surface area contributed by atoms with Crippen LogP contribution in [0, 0.1) is 0 Å². The Morgan fingerprint density at radius 3 is 2.71 bits per heavy atom. The molecule has 1 amide bonds. The molecule has 1 heterocycles. The van der Waals surface area contributed by atoms with Crippen molar-refractivity contribution in [2.75, 3.05) is 5.32 Å². The summed E-state index contributed by atoms with van der Waals surface area (Å²) in [5, 5.41) is 11.8. The number of aryl methyl sites for hydroxylation is 1. The van der Waals surface area contributed by atoms with Gasteiger partial charge in [0.15, 0.2) is 5.78 Å². The van der Waals surface area contributed by atoms with Gasteiger partial charge in [0.1, 0.15) is 0 Å². The summed E-state index contributed by atoms with van der Waals surface area (Å²) in [6, 6.07) is 6.94. The van der Waals surface area contributed by atoms with E-state index >= 15 is 0 Å². The number of fused-ring (bicyclic) bond motifs is 1. The smallest absolute Gasteiger partial charge is 0.257 e. The maximum Gasteiger partial charge on any atom is 0.257 e. The van der Waals surface area contributed by atoms with E-state index in [1.54, 1.807) is 30.5 Å². The van der Waals surface area contributed by atoms with Gasteiger partial charge in [-0.25, -0.2) is 0 Å². The van der Waals surface area contributed by atoms with Crippen molar-refractivity contribution < 1.29 is 14.7 Å². The first-order chi connectivity index (χ1) is 10.2. The van der Waals surface area contributed by atoms with E-state index in [1.807, 2.05) is 0 Å². The average molecular weight is 284 g/mol. The fourth-order valence-corrected chi connectivity index (χ4v) is 2.60. The first kappa shape index (κ1) is 13.6. The van der Waals surface area contributed by atoms with Crippen LogP contribution in [0.25, 0.3) is 0 Å². The van der Waals surface area contributed by atoms with Gasteiger partial charge < -0.3 is 15.4 Å². The SMILES string of the molecule is O=C(Nc1ccc(CO)cc1)c1c[nH]c2c1C(=O)CCC2. The molecule has 5 heteroatoms. The van der Waals surface area contributed by atoms with Gasteiger partial charge in [-0.3, -0.25) is 9.59 Å². The van der Waals surface area contributed by atoms with E-state index in [2.05, 4.69) is 10.3 Å². The highest BCUT2D eigenvalue weighted by Gasteiger charge is 2.25. The summed E-state index contributed by atoms with van der Waals surface area (Å²) in [5.41, 5.74) is 3.20. The monoisotopic (exact) mass is 284 g/mol. The number of hydrogen-bond acceptors (Lipinski definition) is 3. The third kappa shape index (κ3) is 2.60. The molecule has 0 saturated heterocycles. The lowest BCUT2D eigenvalue weighted by Crippen LogP contribution is -2.17. The average Bonchev–Trinajstić information content (AvgIpc) is 2.93. The van der Waals surface area contributed by atoms with Gasteiger partial charge in [-0.05, 0) is 30.5 Å². The molecule has 0 bridgehead atoms. The lowest BCUT2D eigenvalue weighted by Gasteiger charge is -2.12. The highest BCUT2D eigenvalue weighted by Crippen LogP contribution is 2.24. The Hall–Kier alpha value is -2.40. The summed E-state index contributed by atoms with van der Waals surface area (Å²) in [7, 11) is 0. The summed E-state index contributed by atoms with van der Waals surface area (Å²) in [6.45, 7) is -0.0337. The van der Waals surface area contributed by atoms with Crippen molar-refractivity contribution in [2.24, 2.45) is 0 Å². The molecule has 2 aromatic rings. The lowest BCUT2D eigenvalue weighted by molar-refractivity contribution is 0.0956. The van der Waals surface area contributed by atoms with Crippen molar-refractivity contribution in [2.45, 2.75) is 25.9 Å². The van der Waals surface area contributed by atoms with Crippen LogP contribution in [0.5, 0.6) is 0 Å². The molecule has 1 aliphatic carbocycles. The van der Waals surface area contributed by atoms with Gasteiger partial charge in [0.2, 0.25) is 0 Å². The van der Waals surface area contributed by atoms with E-state index in [9.17, 15) is 9.59 Å². The molecule has 108 valence electrons. The molecule has 0 atom stereocenters. The number of aromatic nitrogens is 1. The van der Waals surface area contributed by atoms with E-state index in [1.165, 1.54) is 0 Å². The Kier molecular flexibility index (Phi) is 3.58. The summed E-state index contributed by atoms with van der Waals surface area (Å²) < 4.78 is 0. The van der Waals surface area contributed by atoms with Crippen LogP contribution in [0.2, 0.25) is 0 Å². The van der Waals surface area contributed by atoms with E-state index in [4.69, 9.17) is 5.11 Å². The molecule has 3 N–H and O–H groups in total. The van der Waals surface area contributed by atoms with E-state index in [0.29, 0.717) is 23.2 Å². The number of aliphatic hydroxyl groups is 1. The largest absolute Gasteiger partial charge is 0.392 e. The van der Waals surface area contributed by atoms with Gasteiger partial charge in [-0.15, -0.1) is 0 Å². The maximum absolute atomic E-state index is 12.3. The zero-order valence-electron chi connectivity index (χ0n) is 11.5. The molecule has 1 aliphatic rings. The minimum absolute atomic E-state index is 0.0262. The molecule has 21 heavy (non-hydrogen) atoms. The Balaban J connectivity index is 1.82. The molecule has 1 aromatic carbocycles. The molecule has 0 unspecified atom stereocenters. The van der Waals surface area contributed by atoms with Crippen molar-refractivity contribution in [3.63, 3.8) is 0 Å². The van der Waals surface area contributed by atoms with E-state index in [-0.39, 0.29) is 18.3 Å². The van der Waals surface area contributed by atoms with Gasteiger partial charge in [0.25, 0.3) is 5.91 Å². The van der Waals surface area contributed by atoms with Crippen LogP contribution < -0.4 is 5.32 Å². The van der Waals surface area contributed by atoms with Crippen LogP contribution in [0.3, 0.4) is 0 Å². The van der Waals surface area contributed by atoms with Crippen molar-refractivity contribution in [3.05, 3.63) is 52.8 Å². The molecule has 0 saturated carbocycles. The van der Waals surface area contributed by atoms with Crippen LogP contribution >= 0.6 is 0 Å². The highest BCUT2D eigenvalue weighted by molar-refractivity contribution is 6.13. The molecule has 0 fully saturated rings. The standard InChI is InChI=1S/C16H16N2O3/c19-9-10-4-6-11(7-5-10)18-16(21)12-8-17-13-2-1-3-14(20)15(12)13/h4-8,17,19H,1-3,9H2,(H,18,21). The van der Waals surface area contributed by atoms with Crippen molar-refractivity contribution in [1.82, 2.24) is 4.98 Å². The number of hydrogen-bond donors (Lipinski definition) is 3. The number of nitrogens with one attached hydrogen (secondary N) is 2. The van der Waals surface area contributed by atoms with Gasteiger partial charge in [-0.2, -0.15) is 0 Å². The summed E-state index contributed by atoms with van der Waals surface area (Å²) >= 11 is 0. The van der Waals surface area contributed by atoms with Crippen molar-refractivity contribution in [3.8, 4) is 0 Å². The third-order valence-electron chi connectivity index (χ3n) is 3.71. The van der Waals surface area contributed by atoms with Crippen LogP contribution in [-0.2, 0) is 13.0 Å². The van der Waals surface area contributed by atoms with Crippen LogP contribution in [-0.4, -0.2) is 21.8 Å². The number of carbonyl (C=O) groups excluding carboxylic acids is 2. The number of rotatable bonds is 3. The number of benzene rings is 1. The van der Waals surface area contributed by atoms with Crippen molar-refractivity contribution >= 4 is 17.4 Å². The van der Waals surface area contributed by atoms with Crippen LogP contribution in [0.1, 0.15) is 44.8 Å². The minimum atomic E-state index is -0.292. The number of Topliss-reactive ketones (excluding diaryl/α,β-unsaturated/α-hetero) is 1. The van der Waals surface area contributed by atoms with E-state index in [0.717, 1.165) is 24.1 Å². The van der Waals surface area contributed by atoms with Gasteiger partial charge in [-0.1, -0.05) is 12.1 Å². The molecule has 0 aliphatic heterocycles. The molecular formula is C16H16N2O3. The number of amides is 1. The van der Waals surface area contributed by atoms with Gasteiger partial charge >= 0.3 is 0 Å². The highest BCUT2D eigenvalue weighted by atomic mass is 16.3. The molecule has 3 rings (SSSR count). The number of anilines is 1. The van der Waals surface area contributed by atoms with Crippen molar-refractivity contribution in [1.29, 1.82) is 0 Å². The second-order valence-corrected chi connectivity index (χ2v) is 5.14. The molecule has 0 spiro atoms. The van der Waals surface area contributed by atoms with Crippen LogP contribution in [0.15, 0.2) is 30.5 Å². The molecule has 5 nitrogen and oxygen atoms in total. The summed E-state index contributed by atoms with van der Waals surface area (Å²) in [5.74, 6) is -0.266. The lowest BCUT2D eigenvalue weighted by atomic mass is 9.93. The topological polar surface area (TPSA) is 82.2 Å². The molecule has 1 aromatic heterocycles. The number of aliphatic hydroxyl groups excluding tert-OH is 1. The van der Waals surface area contributed by atoms with Gasteiger partial charge in [0.05, 0.1) is 17.7 Å². The van der Waals surface area contributed by atoms with Crippen LogP contribution in [0.4, 0.5) is 5.69 Å². The van der Waals surface area contributed by atoms with E-state index < -0.39 is 0 Å². The summed E-state index contributed by atoms with van der Waals surface area (Å²) in [4.78, 5) is 27.3. The molecular weight excluding hydrogens is 268 g/mol. The minimum Gasteiger partial charge on any atom is -0.392 e. The quantitative estimate of drug-likeness (QED) is 0.808. The zero-order chi connectivity index (χ0) is 14.8. The predicted octanol–water partition coefficient (Wildman–Crippen LogP) is 2.28. The first-order valence-electron chi connectivity index (χ1n) is 6.93. The maximum atomic E-state index is 12.3. The number of H-pyrrole nitrogens is 1. The first-order valence-corrected chi connectivity index (χ1v) is 6.93. The zero-order valence-corrected chi connectivity index (χ0v) is 11.5. The summed E-state index contributed by atoms with van der Waals surface area (Å²) in [6.07, 6.45) is 3.73. The Labute approximate surface area is 122 Å². The number of aromatic amines is 1. The number of ketones is 1. The normalized spacial score (nSPS) is 13.9. The molecule has 0 radical (unpaired) electrons. The fourth-order valence-electron chi connectivity index (χ4n) is 2.60. The second kappa shape index (κ2) is 5.54. The second-order valence-electron chi connectivity index (χ2n) is 5.14. The third-order valence-corrected chi connectivity index (χ3v) is 3.71.